The predicted octanol–water partition coefficient (Wildman–Crippen LogP) is 2.29. The summed E-state index contributed by atoms with van der Waals surface area (Å²) < 4.78 is 2.24. The van der Waals surface area contributed by atoms with Crippen molar-refractivity contribution >= 4 is 11.6 Å². The van der Waals surface area contributed by atoms with Gasteiger partial charge in [0.1, 0.15) is 5.82 Å². The average Bonchev–Trinajstić information content (AvgIpc) is 3.15. The molecule has 1 saturated heterocycles. The number of hydrogen-bond acceptors (Lipinski definition) is 4. The Hall–Kier alpha value is -2.34. The largest absolute Gasteiger partial charge is 0.365 e. The molecule has 0 aliphatic carbocycles. The lowest BCUT2D eigenvalue weighted by Crippen LogP contribution is -2.44. The number of likely N-dealkylation sites (N-methyl/N-ethyl adjacent to an activating group) is 2. The van der Waals surface area contributed by atoms with Crippen LogP contribution in [0.25, 0.3) is 0 Å². The summed E-state index contributed by atoms with van der Waals surface area (Å²) in [6.07, 6.45) is 6.07. The molecule has 1 aromatic heterocycles. The summed E-state index contributed by atoms with van der Waals surface area (Å²) in [6, 6.07) is 10.1. The van der Waals surface area contributed by atoms with E-state index in [1.54, 1.807) is 0 Å². The standard InChI is InChI=1S/C21H31N5O/c1-23(2)14-15-25-13-11-22-21(25)18-8-7-12-26(16-18)20(27)17-24(3)19-9-5-4-6-10-19/h4-6,9-11,13,18H,7-8,12,14-17H2,1-3H3/t18-/m1/s1. The van der Waals surface area contributed by atoms with Gasteiger partial charge >= 0.3 is 0 Å². The van der Waals surface area contributed by atoms with E-state index in [0.29, 0.717) is 12.5 Å². The molecule has 0 saturated carbocycles. The Balaban J connectivity index is 1.61. The molecule has 146 valence electrons. The first kappa shape index (κ1) is 19.4. The van der Waals surface area contributed by atoms with Crippen LogP contribution in [-0.2, 0) is 11.3 Å². The molecule has 6 nitrogen and oxygen atoms in total. The van der Waals surface area contributed by atoms with Gasteiger partial charge in [-0.1, -0.05) is 18.2 Å². The summed E-state index contributed by atoms with van der Waals surface area (Å²) in [5.41, 5.74) is 1.07. The SMILES string of the molecule is CN(C)CCn1ccnc1[C@@H]1CCCN(C(=O)CN(C)c2ccccc2)C1. The van der Waals surface area contributed by atoms with E-state index in [1.165, 1.54) is 0 Å². The zero-order valence-corrected chi connectivity index (χ0v) is 16.7. The molecular weight excluding hydrogens is 338 g/mol. The Morgan fingerprint density at radius 3 is 2.74 bits per heavy atom. The average molecular weight is 370 g/mol. The van der Waals surface area contributed by atoms with Gasteiger partial charge in [-0.15, -0.1) is 0 Å². The molecule has 1 aliphatic rings. The van der Waals surface area contributed by atoms with Crippen LogP contribution in [0.1, 0.15) is 24.6 Å². The number of imidazole rings is 1. The lowest BCUT2D eigenvalue weighted by atomic mass is 9.97. The number of aromatic nitrogens is 2. The van der Waals surface area contributed by atoms with Gasteiger partial charge in [0.05, 0.1) is 6.54 Å². The van der Waals surface area contributed by atoms with Gasteiger partial charge in [0.2, 0.25) is 5.91 Å². The molecule has 27 heavy (non-hydrogen) atoms. The van der Waals surface area contributed by atoms with E-state index in [2.05, 4.69) is 34.7 Å². The number of carbonyl (C=O) groups excluding carboxylic acids is 1. The van der Waals surface area contributed by atoms with E-state index in [1.807, 2.05) is 53.4 Å². The molecule has 0 N–H and O–H groups in total. The fourth-order valence-electron chi connectivity index (χ4n) is 3.67. The first-order valence-electron chi connectivity index (χ1n) is 9.74. The van der Waals surface area contributed by atoms with Crippen molar-refractivity contribution in [2.75, 3.05) is 52.2 Å². The number of para-hydroxylation sites is 1. The number of hydrogen-bond donors (Lipinski definition) is 0. The van der Waals surface area contributed by atoms with E-state index in [-0.39, 0.29) is 5.91 Å². The highest BCUT2D eigenvalue weighted by Gasteiger charge is 2.27. The first-order valence-corrected chi connectivity index (χ1v) is 9.74. The van der Waals surface area contributed by atoms with Crippen LogP contribution in [0.3, 0.4) is 0 Å². The third-order valence-electron chi connectivity index (χ3n) is 5.24. The molecule has 1 aromatic carbocycles. The first-order chi connectivity index (χ1) is 13.0. The van der Waals surface area contributed by atoms with Crippen LogP contribution in [0, 0.1) is 0 Å². The van der Waals surface area contributed by atoms with Crippen molar-refractivity contribution in [3.8, 4) is 0 Å². The topological polar surface area (TPSA) is 44.6 Å². The highest BCUT2D eigenvalue weighted by molar-refractivity contribution is 5.81. The minimum atomic E-state index is 0.192. The summed E-state index contributed by atoms with van der Waals surface area (Å²) in [7, 11) is 6.14. The maximum atomic E-state index is 12.8. The maximum Gasteiger partial charge on any atom is 0.242 e. The highest BCUT2D eigenvalue weighted by Crippen LogP contribution is 2.26. The van der Waals surface area contributed by atoms with Crippen LogP contribution in [-0.4, -0.2) is 72.6 Å². The lowest BCUT2D eigenvalue weighted by Gasteiger charge is -2.34. The third-order valence-corrected chi connectivity index (χ3v) is 5.24. The molecule has 2 aromatic rings. The molecule has 1 amide bonds. The van der Waals surface area contributed by atoms with Crippen LogP contribution in [0.15, 0.2) is 42.7 Å². The van der Waals surface area contributed by atoms with Crippen molar-refractivity contribution in [2.45, 2.75) is 25.3 Å². The van der Waals surface area contributed by atoms with Crippen LogP contribution >= 0.6 is 0 Å². The summed E-state index contributed by atoms with van der Waals surface area (Å²) in [4.78, 5) is 23.7. The Labute approximate surface area is 162 Å². The lowest BCUT2D eigenvalue weighted by molar-refractivity contribution is -0.130. The molecule has 0 radical (unpaired) electrons. The summed E-state index contributed by atoms with van der Waals surface area (Å²) in [5, 5.41) is 0. The Kier molecular flexibility index (Phi) is 6.50. The van der Waals surface area contributed by atoms with E-state index < -0.39 is 0 Å². The maximum absolute atomic E-state index is 12.8. The van der Waals surface area contributed by atoms with E-state index in [9.17, 15) is 4.79 Å². The minimum absolute atomic E-state index is 0.192. The van der Waals surface area contributed by atoms with Crippen molar-refractivity contribution in [3.63, 3.8) is 0 Å². The molecule has 6 heteroatoms. The molecule has 0 unspecified atom stereocenters. The van der Waals surface area contributed by atoms with Gasteiger partial charge in [-0.2, -0.15) is 0 Å². The van der Waals surface area contributed by atoms with Gasteiger partial charge in [0.25, 0.3) is 0 Å². The van der Waals surface area contributed by atoms with Crippen LogP contribution in [0.4, 0.5) is 5.69 Å². The predicted molar refractivity (Wildman–Crippen MR) is 109 cm³/mol. The van der Waals surface area contributed by atoms with Crippen molar-refractivity contribution in [3.05, 3.63) is 48.5 Å². The molecule has 1 fully saturated rings. The van der Waals surface area contributed by atoms with Crippen LogP contribution in [0.2, 0.25) is 0 Å². The number of nitrogens with zero attached hydrogens (tertiary/aromatic N) is 5. The van der Waals surface area contributed by atoms with Crippen LogP contribution < -0.4 is 4.90 Å². The van der Waals surface area contributed by atoms with Gasteiger partial charge in [0.15, 0.2) is 0 Å². The van der Waals surface area contributed by atoms with Crippen molar-refractivity contribution in [1.29, 1.82) is 0 Å². The fourth-order valence-corrected chi connectivity index (χ4v) is 3.67. The van der Waals surface area contributed by atoms with Gasteiger partial charge in [0, 0.05) is 57.2 Å². The van der Waals surface area contributed by atoms with Gasteiger partial charge in [-0.05, 0) is 39.1 Å². The molecule has 0 bridgehead atoms. The summed E-state index contributed by atoms with van der Waals surface area (Å²) >= 11 is 0. The number of likely N-dealkylation sites (tertiary alicyclic amines) is 1. The monoisotopic (exact) mass is 369 g/mol. The van der Waals surface area contributed by atoms with E-state index >= 15 is 0 Å². The second-order valence-corrected chi connectivity index (χ2v) is 7.65. The van der Waals surface area contributed by atoms with Crippen molar-refractivity contribution < 1.29 is 4.79 Å². The molecular formula is C21H31N5O. The smallest absolute Gasteiger partial charge is 0.242 e. The molecule has 1 atom stereocenters. The van der Waals surface area contributed by atoms with Gasteiger partial charge in [-0.3, -0.25) is 4.79 Å². The van der Waals surface area contributed by atoms with Crippen molar-refractivity contribution in [2.24, 2.45) is 0 Å². The van der Waals surface area contributed by atoms with Gasteiger partial charge in [-0.25, -0.2) is 4.98 Å². The zero-order chi connectivity index (χ0) is 19.2. The number of benzene rings is 1. The summed E-state index contributed by atoms with van der Waals surface area (Å²) in [5.74, 6) is 1.63. The number of piperidine rings is 1. The Morgan fingerprint density at radius 1 is 1.22 bits per heavy atom. The number of amides is 1. The third kappa shape index (κ3) is 5.10. The molecule has 2 heterocycles. The second kappa shape index (κ2) is 9.04. The number of anilines is 1. The zero-order valence-electron chi connectivity index (χ0n) is 16.7. The molecule has 3 rings (SSSR count). The molecule has 0 spiro atoms. The van der Waals surface area contributed by atoms with Crippen LogP contribution in [0.5, 0.6) is 0 Å². The molecule has 1 aliphatic heterocycles. The highest BCUT2D eigenvalue weighted by atomic mass is 16.2. The summed E-state index contributed by atoms with van der Waals surface area (Å²) in [6.45, 7) is 3.94. The minimum Gasteiger partial charge on any atom is -0.365 e. The normalized spacial score (nSPS) is 17.3. The fraction of sp³-hybridized carbons (Fsp3) is 0.524. The second-order valence-electron chi connectivity index (χ2n) is 7.65. The number of carbonyl (C=O) groups is 1. The van der Waals surface area contributed by atoms with Gasteiger partial charge < -0.3 is 19.3 Å². The van der Waals surface area contributed by atoms with Crippen molar-refractivity contribution in [1.82, 2.24) is 19.4 Å². The Bertz CT molecular complexity index is 727. The quantitative estimate of drug-likeness (QED) is 0.751. The number of rotatable bonds is 7. The Morgan fingerprint density at radius 2 is 2.00 bits per heavy atom. The van der Waals surface area contributed by atoms with E-state index in [0.717, 1.165) is 50.5 Å². The van der Waals surface area contributed by atoms with E-state index in [4.69, 9.17) is 0 Å².